The number of H-pyrrole nitrogens is 2. The number of imidazole rings is 2. The van der Waals surface area contributed by atoms with Crippen LogP contribution in [0.25, 0.3) is 44.7 Å². The molecule has 5 unspecified atom stereocenters. The average molecular weight is 938 g/mol. The van der Waals surface area contributed by atoms with Gasteiger partial charge in [0.05, 0.1) is 65.3 Å². The Balaban J connectivity index is 1.21. The summed E-state index contributed by atoms with van der Waals surface area (Å²) < 4.78 is 30.0. The van der Waals surface area contributed by atoms with Gasteiger partial charge in [-0.3, -0.25) is 29.8 Å². The fourth-order valence-corrected chi connectivity index (χ4v) is 9.66. The minimum atomic E-state index is -1.02. The van der Waals surface area contributed by atoms with Crippen molar-refractivity contribution in [2.75, 3.05) is 20.2 Å². The lowest BCUT2D eigenvalue weighted by Gasteiger charge is -2.30. The Kier molecular flexibility index (Phi) is 14.9. The van der Waals surface area contributed by atoms with E-state index in [1.165, 1.54) is 13.2 Å². The molecule has 67 heavy (non-hydrogen) atoms. The van der Waals surface area contributed by atoms with Crippen molar-refractivity contribution in [2.45, 2.75) is 105 Å². The first-order valence-electron chi connectivity index (χ1n) is 22.8. The predicted octanol–water partition coefficient (Wildman–Crippen LogP) is 8.41. The molecule has 0 spiro atoms. The van der Waals surface area contributed by atoms with Crippen molar-refractivity contribution >= 4 is 57.1 Å². The van der Waals surface area contributed by atoms with Gasteiger partial charge < -0.3 is 39.9 Å². The Morgan fingerprint density at radius 3 is 2.49 bits per heavy atom. The monoisotopic (exact) mass is 937 g/mol. The molecule has 0 aliphatic carbocycles. The van der Waals surface area contributed by atoms with Crippen LogP contribution >= 0.6 is 11.8 Å². The molecule has 0 radical (unpaired) electrons. The number of hydrogen-bond acceptors (Lipinski definition) is 11. The summed E-state index contributed by atoms with van der Waals surface area (Å²) in [6.45, 7) is 14.8. The van der Waals surface area contributed by atoms with Crippen molar-refractivity contribution < 1.29 is 33.0 Å². The number of carbonyl (C=O) groups is 4. The van der Waals surface area contributed by atoms with E-state index >= 15 is 4.39 Å². The van der Waals surface area contributed by atoms with Gasteiger partial charge in [0.2, 0.25) is 24.5 Å². The Morgan fingerprint density at radius 1 is 1.06 bits per heavy atom. The summed E-state index contributed by atoms with van der Waals surface area (Å²) >= 11 is 0.995. The molecule has 5 atom stereocenters. The van der Waals surface area contributed by atoms with Crippen LogP contribution in [0.15, 0.2) is 48.8 Å². The van der Waals surface area contributed by atoms with Gasteiger partial charge in [-0.05, 0) is 73.8 Å². The largest absolute Gasteiger partial charge is 0.463 e. The second-order valence-corrected chi connectivity index (χ2v) is 19.1. The molecule has 2 aliphatic heterocycles. The van der Waals surface area contributed by atoms with Crippen LogP contribution in [-0.2, 0) is 25.7 Å². The zero-order chi connectivity index (χ0) is 48.3. The molecule has 6 N–H and O–H groups in total. The van der Waals surface area contributed by atoms with Crippen molar-refractivity contribution in [3.8, 4) is 39.5 Å². The minimum Gasteiger partial charge on any atom is -0.463 e. The molecule has 0 bridgehead atoms. The molecule has 17 nitrogen and oxygen atoms in total. The van der Waals surface area contributed by atoms with Gasteiger partial charge in [0.25, 0.3) is 0 Å². The highest BCUT2D eigenvalue weighted by Gasteiger charge is 2.41. The van der Waals surface area contributed by atoms with Gasteiger partial charge in [-0.15, -0.1) is 0 Å². The first-order valence-corrected chi connectivity index (χ1v) is 23.6. The van der Waals surface area contributed by atoms with Crippen molar-refractivity contribution in [2.24, 2.45) is 17.8 Å². The number of rotatable bonds is 17. The number of hydrogen-bond donors (Lipinski definition) is 6. The fraction of sp³-hybridized carbons (Fsp3) is 0.458. The second-order valence-electron chi connectivity index (χ2n) is 18.0. The minimum absolute atomic E-state index is 0.0375. The summed E-state index contributed by atoms with van der Waals surface area (Å²) in [7, 11) is 1.26. The van der Waals surface area contributed by atoms with E-state index in [2.05, 4.69) is 25.6 Å². The molecule has 1 fully saturated rings. The number of likely N-dealkylation sites (tertiary alicyclic amines) is 1. The van der Waals surface area contributed by atoms with Crippen LogP contribution in [0, 0.1) is 34.4 Å². The number of ether oxygens (including phenoxy) is 2. The molecular weight excluding hydrogens is 878 g/mol. The lowest BCUT2D eigenvalue weighted by Crippen LogP contribution is -2.49. The third kappa shape index (κ3) is 10.1. The lowest BCUT2D eigenvalue weighted by atomic mass is 10.00. The molecule has 4 amide bonds. The number of thioether (sulfide) groups is 1. The van der Waals surface area contributed by atoms with Gasteiger partial charge in [-0.2, -0.15) is 0 Å². The quantitative estimate of drug-likeness (QED) is 0.0298. The number of aromatic amines is 2. The Bertz CT molecular complexity index is 2670. The summed E-state index contributed by atoms with van der Waals surface area (Å²) in [5.74, 6) is 0.396. The van der Waals surface area contributed by atoms with Gasteiger partial charge in [0.15, 0.2) is 0 Å². The summed E-state index contributed by atoms with van der Waals surface area (Å²) in [5, 5.41) is 24.0. The third-order valence-corrected chi connectivity index (χ3v) is 13.3. The third-order valence-electron chi connectivity index (χ3n) is 12.3. The van der Waals surface area contributed by atoms with Crippen LogP contribution in [0.4, 0.5) is 9.18 Å². The van der Waals surface area contributed by atoms with Gasteiger partial charge in [-0.25, -0.2) is 19.2 Å². The van der Waals surface area contributed by atoms with Crippen molar-refractivity contribution in [3.63, 3.8) is 0 Å². The number of aromatic nitrogens is 5. The zero-order valence-corrected chi connectivity index (χ0v) is 40.0. The molecule has 356 valence electrons. The number of halogens is 1. The summed E-state index contributed by atoms with van der Waals surface area (Å²) in [6, 6.07) is 8.87. The lowest BCUT2D eigenvalue weighted by molar-refractivity contribution is -0.136. The number of nitrogens with zero attached hydrogens (tertiary/aromatic N) is 5. The maximum absolute atomic E-state index is 16.8. The van der Waals surface area contributed by atoms with Crippen molar-refractivity contribution in [1.29, 1.82) is 10.8 Å². The predicted molar refractivity (Wildman–Crippen MR) is 256 cm³/mol. The van der Waals surface area contributed by atoms with E-state index in [1.807, 2.05) is 72.7 Å². The summed E-state index contributed by atoms with van der Waals surface area (Å²) in [4.78, 5) is 70.4. The van der Waals surface area contributed by atoms with E-state index in [4.69, 9.17) is 19.9 Å². The van der Waals surface area contributed by atoms with Gasteiger partial charge in [0.1, 0.15) is 40.3 Å². The number of amides is 4. The number of carbonyl (C=O) groups excluding carboxylic acids is 4. The van der Waals surface area contributed by atoms with Crippen LogP contribution in [0.5, 0.6) is 5.75 Å². The first kappa shape index (κ1) is 48.4. The Morgan fingerprint density at radius 2 is 1.81 bits per heavy atom. The molecule has 0 saturated carbocycles. The maximum Gasteiger partial charge on any atom is 0.407 e. The highest BCUT2D eigenvalue weighted by atomic mass is 32.2. The fourth-order valence-electron chi connectivity index (χ4n) is 8.99. The van der Waals surface area contributed by atoms with Crippen LogP contribution in [0.3, 0.4) is 0 Å². The normalized spacial score (nSPS) is 17.4. The molecule has 1 saturated heterocycles. The van der Waals surface area contributed by atoms with Gasteiger partial charge >= 0.3 is 6.09 Å². The number of benzene rings is 2. The highest BCUT2D eigenvalue weighted by Crippen LogP contribution is 2.47. The average Bonchev–Trinajstić information content (AvgIpc) is 4.12. The Hall–Kier alpha value is -6.50. The van der Waals surface area contributed by atoms with E-state index in [0.717, 1.165) is 35.6 Å². The number of alkyl carbamates (subject to hydrolysis) is 1. The molecule has 5 aromatic rings. The summed E-state index contributed by atoms with van der Waals surface area (Å²) in [5.41, 5.74) is 3.84. The van der Waals surface area contributed by atoms with Crippen LogP contribution in [0.1, 0.15) is 98.1 Å². The van der Waals surface area contributed by atoms with E-state index in [-0.39, 0.29) is 57.5 Å². The molecule has 5 heterocycles. The van der Waals surface area contributed by atoms with Crippen molar-refractivity contribution in [1.82, 2.24) is 44.9 Å². The number of methoxy groups -OCH3 is 1. The molecule has 2 aliphatic rings. The standard InChI is InChI=1S/C48H60FN11O6S/c1-9-14-58(46(63)41(26(5)6)54-24-61)23-39-52-21-33(55-39)28-11-12-35-30(17-28)19-36-40-31(49)18-29(20-37(40)66-47(60(35)36)43(51)67-38(50)10-2)34-22-53-44(56-34)42-27(7)13-15-59(42)45(62)32(16-25(3)4)57-48(64)65-8/h11-12,17-22,24-27,32,41-42,47,50-51H,9-10,13-16,23H2,1-8H3,(H,52,55)(H,53,56)(H,54,61)(H,57,64). The smallest absolute Gasteiger partial charge is 0.407 e. The maximum atomic E-state index is 16.8. The van der Waals surface area contributed by atoms with E-state index < -0.39 is 36.3 Å². The highest BCUT2D eigenvalue weighted by molar-refractivity contribution is 8.26. The number of nitrogens with one attached hydrogen (secondary N) is 6. The van der Waals surface area contributed by atoms with Crippen LogP contribution < -0.4 is 15.4 Å². The van der Waals surface area contributed by atoms with Crippen LogP contribution in [0.2, 0.25) is 0 Å². The van der Waals surface area contributed by atoms with E-state index in [9.17, 15) is 24.6 Å². The van der Waals surface area contributed by atoms with Gasteiger partial charge in [-0.1, -0.05) is 66.3 Å². The van der Waals surface area contributed by atoms with Crippen LogP contribution in [-0.4, -0.2) is 101 Å². The Labute approximate surface area is 393 Å². The van der Waals surface area contributed by atoms with Gasteiger partial charge in [0, 0.05) is 29.6 Å². The SMILES string of the molecule is CCCN(Cc1ncc(-c2ccc3c(c2)cc2n3C(C(=N)SC(=N)CC)Oc3cc(-c4cnc(C5C(C)CCN5C(=O)C(CC(C)C)NC(=O)OC)[nH]4)cc(F)c3-2)[nH]1)C(=O)C(NC=O)C(C)C. The number of fused-ring (bicyclic) bond motifs is 5. The molecule has 3 aromatic heterocycles. The molecule has 7 rings (SSSR count). The van der Waals surface area contributed by atoms with Crippen molar-refractivity contribution in [3.05, 3.63) is 66.3 Å². The second kappa shape index (κ2) is 20.6. The first-order chi connectivity index (χ1) is 32.1. The molecular formula is C48H60FN11O6S. The van der Waals surface area contributed by atoms with E-state index in [0.29, 0.717) is 72.2 Å². The topological polar surface area (TPSA) is 227 Å². The van der Waals surface area contributed by atoms with E-state index in [1.54, 1.807) is 32.8 Å². The molecule has 2 aromatic carbocycles. The zero-order valence-electron chi connectivity index (χ0n) is 39.2. The molecule has 19 heteroatoms. The summed E-state index contributed by atoms with van der Waals surface area (Å²) in [6.07, 6.45) is 4.45.